The molecule has 0 unspecified atom stereocenters. The molecule has 0 aromatic heterocycles. The Bertz CT molecular complexity index is 611. The fraction of sp³-hybridized carbons (Fsp3) is 0.579. The van der Waals surface area contributed by atoms with Crippen LogP contribution in [0.3, 0.4) is 0 Å². The Morgan fingerprint density at radius 3 is 2.62 bits per heavy atom. The number of hydrogen-bond acceptors (Lipinski definition) is 3. The van der Waals surface area contributed by atoms with Crippen molar-refractivity contribution < 1.29 is 9.59 Å². The fourth-order valence-corrected chi connectivity index (χ4v) is 4.49. The number of carbonyl (C=O) groups excluding carboxylic acids is 2. The predicted octanol–water partition coefficient (Wildman–Crippen LogP) is 3.81. The SMILES string of the molecule is C[C@@H](Sc1ccc2c(c1)CCC2)C(=O)NC(=O)NC1CCCCC1. The van der Waals surface area contributed by atoms with Crippen LogP contribution in [0.2, 0.25) is 0 Å². The van der Waals surface area contributed by atoms with Crippen molar-refractivity contribution in [3.05, 3.63) is 29.3 Å². The second-order valence-corrected chi connectivity index (χ2v) is 8.26. The molecule has 3 rings (SSSR count). The van der Waals surface area contributed by atoms with E-state index in [-0.39, 0.29) is 23.2 Å². The zero-order valence-corrected chi connectivity index (χ0v) is 15.1. The molecule has 0 spiro atoms. The van der Waals surface area contributed by atoms with Crippen molar-refractivity contribution >= 4 is 23.7 Å². The van der Waals surface area contributed by atoms with Gasteiger partial charge in [-0.05, 0) is 62.3 Å². The lowest BCUT2D eigenvalue weighted by atomic mass is 9.96. The first-order valence-corrected chi connectivity index (χ1v) is 9.89. The number of fused-ring (bicyclic) bond motifs is 1. The third-order valence-corrected chi connectivity index (χ3v) is 6.02. The molecule has 5 heteroatoms. The van der Waals surface area contributed by atoms with Gasteiger partial charge >= 0.3 is 6.03 Å². The van der Waals surface area contributed by atoms with Crippen molar-refractivity contribution in [3.63, 3.8) is 0 Å². The monoisotopic (exact) mass is 346 g/mol. The fourth-order valence-electron chi connectivity index (χ4n) is 3.56. The minimum absolute atomic E-state index is 0.214. The molecule has 0 heterocycles. The van der Waals surface area contributed by atoms with Crippen molar-refractivity contribution in [2.45, 2.75) is 74.5 Å². The van der Waals surface area contributed by atoms with E-state index in [0.717, 1.165) is 43.4 Å². The van der Waals surface area contributed by atoms with Crippen LogP contribution < -0.4 is 10.6 Å². The van der Waals surface area contributed by atoms with Crippen LogP contribution in [-0.4, -0.2) is 23.2 Å². The molecule has 0 bridgehead atoms. The Hall–Kier alpha value is -1.49. The Labute approximate surface area is 148 Å². The van der Waals surface area contributed by atoms with Crippen molar-refractivity contribution in [3.8, 4) is 0 Å². The van der Waals surface area contributed by atoms with E-state index < -0.39 is 0 Å². The molecule has 2 aliphatic carbocycles. The van der Waals surface area contributed by atoms with Gasteiger partial charge in [0, 0.05) is 10.9 Å². The van der Waals surface area contributed by atoms with Crippen LogP contribution >= 0.6 is 11.8 Å². The minimum atomic E-state index is -0.353. The maximum absolute atomic E-state index is 12.2. The van der Waals surface area contributed by atoms with Crippen molar-refractivity contribution in [1.82, 2.24) is 10.6 Å². The second kappa shape index (κ2) is 8.06. The molecular weight excluding hydrogens is 320 g/mol. The van der Waals surface area contributed by atoms with Gasteiger partial charge in [-0.2, -0.15) is 0 Å². The molecule has 2 N–H and O–H groups in total. The average Bonchev–Trinajstić information content (AvgIpc) is 3.03. The first kappa shape index (κ1) is 17.3. The number of imide groups is 1. The van der Waals surface area contributed by atoms with E-state index in [1.807, 2.05) is 6.92 Å². The van der Waals surface area contributed by atoms with Crippen molar-refractivity contribution in [1.29, 1.82) is 0 Å². The zero-order valence-electron chi connectivity index (χ0n) is 14.3. The summed E-state index contributed by atoms with van der Waals surface area (Å²) in [6, 6.07) is 6.31. The summed E-state index contributed by atoms with van der Waals surface area (Å²) in [6.45, 7) is 1.85. The van der Waals surface area contributed by atoms with Crippen LogP contribution in [0.25, 0.3) is 0 Å². The van der Waals surface area contributed by atoms with Crippen LogP contribution in [0, 0.1) is 0 Å². The van der Waals surface area contributed by atoms with Crippen LogP contribution in [0.5, 0.6) is 0 Å². The summed E-state index contributed by atoms with van der Waals surface area (Å²) in [5.74, 6) is -0.228. The van der Waals surface area contributed by atoms with Crippen molar-refractivity contribution in [2.75, 3.05) is 0 Å². The highest BCUT2D eigenvalue weighted by Gasteiger charge is 2.21. The largest absolute Gasteiger partial charge is 0.335 e. The Balaban J connectivity index is 1.48. The van der Waals surface area contributed by atoms with Gasteiger partial charge in [0.2, 0.25) is 5.91 Å². The third kappa shape index (κ3) is 4.53. The van der Waals surface area contributed by atoms with Gasteiger partial charge in [0.25, 0.3) is 0 Å². The van der Waals surface area contributed by atoms with E-state index in [1.165, 1.54) is 35.7 Å². The number of hydrogen-bond donors (Lipinski definition) is 2. The van der Waals surface area contributed by atoms with Crippen LogP contribution in [0.15, 0.2) is 23.1 Å². The summed E-state index contributed by atoms with van der Waals surface area (Å²) < 4.78 is 0. The van der Waals surface area contributed by atoms with Crippen LogP contribution in [0.1, 0.15) is 56.6 Å². The minimum Gasteiger partial charge on any atom is -0.335 e. The van der Waals surface area contributed by atoms with Gasteiger partial charge in [0.05, 0.1) is 5.25 Å². The number of rotatable bonds is 4. The smallest absolute Gasteiger partial charge is 0.321 e. The lowest BCUT2D eigenvalue weighted by molar-refractivity contribution is -0.119. The van der Waals surface area contributed by atoms with Crippen molar-refractivity contribution in [2.24, 2.45) is 0 Å². The van der Waals surface area contributed by atoms with E-state index >= 15 is 0 Å². The molecule has 4 nitrogen and oxygen atoms in total. The predicted molar refractivity (Wildman–Crippen MR) is 97.3 cm³/mol. The number of benzene rings is 1. The normalized spacial score (nSPS) is 18.7. The highest BCUT2D eigenvalue weighted by atomic mass is 32.2. The number of urea groups is 1. The lowest BCUT2D eigenvalue weighted by Gasteiger charge is -2.23. The second-order valence-electron chi connectivity index (χ2n) is 6.84. The van der Waals surface area contributed by atoms with E-state index in [4.69, 9.17) is 0 Å². The number of thioether (sulfide) groups is 1. The number of nitrogens with one attached hydrogen (secondary N) is 2. The lowest BCUT2D eigenvalue weighted by Crippen LogP contribution is -2.47. The van der Waals surface area contributed by atoms with Gasteiger partial charge in [-0.3, -0.25) is 10.1 Å². The van der Waals surface area contributed by atoms with Gasteiger partial charge in [-0.15, -0.1) is 11.8 Å². The molecule has 0 aliphatic heterocycles. The Kier molecular flexibility index (Phi) is 5.82. The molecule has 24 heavy (non-hydrogen) atoms. The molecule has 3 amide bonds. The summed E-state index contributed by atoms with van der Waals surface area (Å²) in [7, 11) is 0. The maximum atomic E-state index is 12.2. The molecule has 1 saturated carbocycles. The first-order valence-electron chi connectivity index (χ1n) is 9.01. The highest BCUT2D eigenvalue weighted by Crippen LogP contribution is 2.29. The number of amides is 3. The standard InChI is InChI=1S/C19H26N2O2S/c1-13(24-17-11-10-14-6-5-7-15(14)12-17)18(22)21-19(23)20-16-8-3-2-4-9-16/h10-13,16H,2-9H2,1H3,(H2,20,21,22,23)/t13-/m1/s1. The summed E-state index contributed by atoms with van der Waals surface area (Å²) in [5.41, 5.74) is 2.84. The van der Waals surface area contributed by atoms with E-state index in [0.29, 0.717) is 0 Å². The summed E-state index contributed by atoms with van der Waals surface area (Å²) in [6.07, 6.45) is 9.11. The number of aryl methyl sites for hydroxylation is 2. The molecule has 2 aliphatic rings. The van der Waals surface area contributed by atoms with Crippen LogP contribution in [-0.2, 0) is 17.6 Å². The third-order valence-electron chi connectivity index (χ3n) is 4.93. The van der Waals surface area contributed by atoms with Gasteiger partial charge in [0.15, 0.2) is 0 Å². The molecule has 1 aromatic carbocycles. The maximum Gasteiger partial charge on any atom is 0.321 e. The highest BCUT2D eigenvalue weighted by molar-refractivity contribution is 8.00. The molecule has 1 atom stereocenters. The molecule has 1 aromatic rings. The number of carbonyl (C=O) groups is 2. The first-order chi connectivity index (χ1) is 11.6. The quantitative estimate of drug-likeness (QED) is 0.815. The molecule has 0 saturated heterocycles. The summed E-state index contributed by atoms with van der Waals surface area (Å²) >= 11 is 1.51. The molecule has 1 fully saturated rings. The summed E-state index contributed by atoms with van der Waals surface area (Å²) in [4.78, 5) is 25.3. The topological polar surface area (TPSA) is 58.2 Å². The van der Waals surface area contributed by atoms with Gasteiger partial charge in [-0.1, -0.05) is 25.3 Å². The Morgan fingerprint density at radius 2 is 1.83 bits per heavy atom. The molecule has 0 radical (unpaired) electrons. The Morgan fingerprint density at radius 1 is 1.08 bits per heavy atom. The molecule has 130 valence electrons. The van der Waals surface area contributed by atoms with Gasteiger partial charge < -0.3 is 5.32 Å². The molecular formula is C19H26N2O2S. The average molecular weight is 346 g/mol. The van der Waals surface area contributed by atoms with Crippen LogP contribution in [0.4, 0.5) is 4.79 Å². The summed E-state index contributed by atoms with van der Waals surface area (Å²) in [5, 5.41) is 5.12. The van der Waals surface area contributed by atoms with E-state index in [2.05, 4.69) is 28.8 Å². The van der Waals surface area contributed by atoms with Gasteiger partial charge in [-0.25, -0.2) is 4.79 Å². The van der Waals surface area contributed by atoms with E-state index in [9.17, 15) is 9.59 Å². The zero-order chi connectivity index (χ0) is 16.9. The van der Waals surface area contributed by atoms with Gasteiger partial charge in [0.1, 0.15) is 0 Å². The van der Waals surface area contributed by atoms with E-state index in [1.54, 1.807) is 0 Å².